The molecule has 1 aliphatic rings. The van der Waals surface area contributed by atoms with Crippen molar-refractivity contribution in [2.45, 2.75) is 41.9 Å². The summed E-state index contributed by atoms with van der Waals surface area (Å²) in [4.78, 5) is 3.99. The molecule has 0 aromatic carbocycles. The Morgan fingerprint density at radius 3 is 2.95 bits per heavy atom. The third-order valence-corrected chi connectivity index (χ3v) is 5.96. The van der Waals surface area contributed by atoms with E-state index in [1.807, 2.05) is 11.8 Å². The Balaban J connectivity index is 2.09. The lowest BCUT2D eigenvalue weighted by molar-refractivity contribution is 0.421. The van der Waals surface area contributed by atoms with E-state index in [0.717, 1.165) is 19.3 Å². The van der Waals surface area contributed by atoms with Crippen LogP contribution in [0.4, 0.5) is 5.82 Å². The van der Waals surface area contributed by atoms with Crippen LogP contribution < -0.4 is 10.5 Å². The molecule has 5 nitrogen and oxygen atoms in total. The fourth-order valence-electron chi connectivity index (χ4n) is 2.35. The van der Waals surface area contributed by atoms with Gasteiger partial charge >= 0.3 is 0 Å². The van der Waals surface area contributed by atoms with Gasteiger partial charge in [0.15, 0.2) is 0 Å². The number of nitrogens with two attached hydrogens (primary N) is 1. The highest BCUT2D eigenvalue weighted by molar-refractivity contribution is 7.99. The molecule has 2 atom stereocenters. The first-order chi connectivity index (χ1) is 9.01. The van der Waals surface area contributed by atoms with Gasteiger partial charge in [0.05, 0.1) is 4.90 Å². The minimum Gasteiger partial charge on any atom is -0.384 e. The summed E-state index contributed by atoms with van der Waals surface area (Å²) < 4.78 is 27.3. The van der Waals surface area contributed by atoms with Gasteiger partial charge in [-0.1, -0.05) is 6.42 Å². The summed E-state index contributed by atoms with van der Waals surface area (Å²) in [6.07, 6.45) is 7.51. The zero-order valence-electron chi connectivity index (χ0n) is 10.9. The Bertz CT molecular complexity index is 534. The summed E-state index contributed by atoms with van der Waals surface area (Å²) in [7, 11) is -3.49. The molecule has 1 aromatic heterocycles. The van der Waals surface area contributed by atoms with E-state index in [4.69, 9.17) is 5.73 Å². The second-order valence-electron chi connectivity index (χ2n) is 4.76. The molecule has 0 spiro atoms. The molecule has 1 heterocycles. The first-order valence-electron chi connectivity index (χ1n) is 6.28. The molecular formula is C12H19N3O2S2. The molecule has 1 saturated carbocycles. The van der Waals surface area contributed by atoms with Gasteiger partial charge in [0.25, 0.3) is 0 Å². The number of anilines is 1. The topological polar surface area (TPSA) is 85.1 Å². The normalized spacial score (nSPS) is 24.3. The van der Waals surface area contributed by atoms with E-state index in [1.165, 1.54) is 24.8 Å². The van der Waals surface area contributed by atoms with Crippen LogP contribution in [0.2, 0.25) is 0 Å². The fraction of sp³-hybridized carbons (Fsp3) is 0.583. The highest BCUT2D eigenvalue weighted by atomic mass is 32.2. The van der Waals surface area contributed by atoms with Crippen LogP contribution in [0.25, 0.3) is 0 Å². The van der Waals surface area contributed by atoms with Gasteiger partial charge in [-0.05, 0) is 31.6 Å². The smallest absolute Gasteiger partial charge is 0.241 e. The number of hydrogen-bond acceptors (Lipinski definition) is 5. The summed E-state index contributed by atoms with van der Waals surface area (Å²) in [6, 6.07) is 2.87. The third-order valence-electron chi connectivity index (χ3n) is 3.34. The lowest BCUT2D eigenvalue weighted by Gasteiger charge is -2.28. The van der Waals surface area contributed by atoms with E-state index in [1.54, 1.807) is 0 Å². The van der Waals surface area contributed by atoms with Crippen LogP contribution in [0.3, 0.4) is 0 Å². The van der Waals surface area contributed by atoms with Crippen molar-refractivity contribution in [2.75, 3.05) is 12.0 Å². The number of nitrogen functional groups attached to an aromatic ring is 1. The van der Waals surface area contributed by atoms with E-state index in [2.05, 4.69) is 16.0 Å². The van der Waals surface area contributed by atoms with Crippen LogP contribution >= 0.6 is 11.8 Å². The molecule has 0 saturated heterocycles. The number of hydrogen-bond donors (Lipinski definition) is 2. The number of nitrogens with zero attached hydrogens (tertiary/aromatic N) is 1. The van der Waals surface area contributed by atoms with Crippen LogP contribution in [-0.4, -0.2) is 30.9 Å². The first-order valence-corrected chi connectivity index (χ1v) is 9.05. The Labute approximate surface area is 118 Å². The lowest BCUT2D eigenvalue weighted by Crippen LogP contribution is -2.39. The van der Waals surface area contributed by atoms with Crippen molar-refractivity contribution in [3.05, 3.63) is 18.3 Å². The number of pyridine rings is 1. The van der Waals surface area contributed by atoms with Gasteiger partial charge < -0.3 is 5.73 Å². The average molecular weight is 301 g/mol. The Morgan fingerprint density at radius 2 is 2.26 bits per heavy atom. The van der Waals surface area contributed by atoms with E-state index in [0.29, 0.717) is 5.25 Å². The third kappa shape index (κ3) is 3.84. The highest BCUT2D eigenvalue weighted by Crippen LogP contribution is 2.27. The van der Waals surface area contributed by atoms with Crippen LogP contribution in [-0.2, 0) is 10.0 Å². The maximum Gasteiger partial charge on any atom is 0.241 e. The monoisotopic (exact) mass is 301 g/mol. The van der Waals surface area contributed by atoms with E-state index in [9.17, 15) is 8.42 Å². The predicted octanol–water partition coefficient (Wildman–Crippen LogP) is 1.62. The molecule has 1 fully saturated rings. The second kappa shape index (κ2) is 6.11. The second-order valence-corrected chi connectivity index (χ2v) is 7.61. The van der Waals surface area contributed by atoms with Crippen molar-refractivity contribution in [1.29, 1.82) is 0 Å². The van der Waals surface area contributed by atoms with E-state index in [-0.39, 0.29) is 16.8 Å². The van der Waals surface area contributed by atoms with Crippen molar-refractivity contribution in [3.63, 3.8) is 0 Å². The molecule has 7 heteroatoms. The fourth-order valence-corrected chi connectivity index (χ4v) is 4.48. The van der Waals surface area contributed by atoms with Gasteiger partial charge in [-0.15, -0.1) is 0 Å². The van der Waals surface area contributed by atoms with Crippen LogP contribution in [0, 0.1) is 0 Å². The van der Waals surface area contributed by atoms with Gasteiger partial charge in [-0.25, -0.2) is 18.1 Å². The minimum atomic E-state index is -3.49. The molecule has 0 aliphatic heterocycles. The molecule has 1 aromatic rings. The molecule has 0 radical (unpaired) electrons. The summed E-state index contributed by atoms with van der Waals surface area (Å²) in [5.41, 5.74) is 5.53. The molecule has 0 amide bonds. The SMILES string of the molecule is CSC1CCCC(NS(=O)(=O)c2ccnc(N)c2)C1. The number of sulfonamides is 1. The number of aromatic nitrogens is 1. The zero-order chi connectivity index (χ0) is 13.9. The van der Waals surface area contributed by atoms with Gasteiger partial charge in [0.1, 0.15) is 5.82 Å². The lowest BCUT2D eigenvalue weighted by atomic mass is 9.96. The van der Waals surface area contributed by atoms with E-state index < -0.39 is 10.0 Å². The van der Waals surface area contributed by atoms with Crippen molar-refractivity contribution in [2.24, 2.45) is 0 Å². The van der Waals surface area contributed by atoms with Crippen molar-refractivity contribution >= 4 is 27.6 Å². The van der Waals surface area contributed by atoms with Crippen molar-refractivity contribution in [3.8, 4) is 0 Å². The summed E-state index contributed by atoms with van der Waals surface area (Å²) in [5, 5.41) is 0.545. The Morgan fingerprint density at radius 1 is 1.47 bits per heavy atom. The molecular weight excluding hydrogens is 282 g/mol. The minimum absolute atomic E-state index is 0.0191. The molecule has 19 heavy (non-hydrogen) atoms. The summed E-state index contributed by atoms with van der Waals surface area (Å²) in [6.45, 7) is 0. The molecule has 106 valence electrons. The Hall–Kier alpha value is -0.790. The van der Waals surface area contributed by atoms with Crippen LogP contribution in [0.5, 0.6) is 0 Å². The van der Waals surface area contributed by atoms with Gasteiger partial charge in [-0.2, -0.15) is 11.8 Å². The van der Waals surface area contributed by atoms with Crippen LogP contribution in [0.15, 0.2) is 23.2 Å². The predicted molar refractivity (Wildman–Crippen MR) is 78.5 cm³/mol. The van der Waals surface area contributed by atoms with Crippen molar-refractivity contribution in [1.82, 2.24) is 9.71 Å². The molecule has 1 aliphatic carbocycles. The molecule has 0 bridgehead atoms. The summed E-state index contributed by atoms with van der Waals surface area (Å²) in [5.74, 6) is 0.216. The highest BCUT2D eigenvalue weighted by Gasteiger charge is 2.26. The Kier molecular flexibility index (Phi) is 4.70. The largest absolute Gasteiger partial charge is 0.384 e. The van der Waals surface area contributed by atoms with Crippen LogP contribution in [0.1, 0.15) is 25.7 Å². The maximum atomic E-state index is 12.2. The first kappa shape index (κ1) is 14.6. The molecule has 2 rings (SSSR count). The van der Waals surface area contributed by atoms with Gasteiger partial charge in [0.2, 0.25) is 10.0 Å². The van der Waals surface area contributed by atoms with Crippen molar-refractivity contribution < 1.29 is 8.42 Å². The molecule has 3 N–H and O–H groups in total. The standard InChI is InChI=1S/C12H19N3O2S2/c1-18-10-4-2-3-9(7-10)15-19(16,17)11-5-6-14-12(13)8-11/h5-6,8-10,15H,2-4,7H2,1H3,(H2,13,14). The maximum absolute atomic E-state index is 12.2. The number of nitrogens with one attached hydrogen (secondary N) is 1. The summed E-state index contributed by atoms with van der Waals surface area (Å²) >= 11 is 1.81. The van der Waals surface area contributed by atoms with E-state index >= 15 is 0 Å². The quantitative estimate of drug-likeness (QED) is 0.882. The number of rotatable bonds is 4. The van der Waals surface area contributed by atoms with Gasteiger partial charge in [-0.3, -0.25) is 0 Å². The average Bonchev–Trinajstić information content (AvgIpc) is 2.38. The van der Waals surface area contributed by atoms with Gasteiger partial charge in [0, 0.05) is 23.6 Å². The molecule has 2 unspecified atom stereocenters. The number of thioether (sulfide) groups is 1. The zero-order valence-corrected chi connectivity index (χ0v) is 12.5.